The summed E-state index contributed by atoms with van der Waals surface area (Å²) in [5, 5.41) is 14.8. The number of nitrogens with zero attached hydrogens (tertiary/aromatic N) is 3. The smallest absolute Gasteiger partial charge is 0.321 e. The Bertz CT molecular complexity index is 715. The van der Waals surface area contributed by atoms with Crippen LogP contribution in [0, 0.1) is 6.92 Å². The molecule has 0 aliphatic carbocycles. The van der Waals surface area contributed by atoms with Crippen LogP contribution in [0.15, 0.2) is 24.3 Å². The molecule has 3 rings (SSSR count). The number of para-hydroxylation sites is 1. The van der Waals surface area contributed by atoms with Crippen LogP contribution < -0.4 is 15.4 Å². The zero-order valence-electron chi connectivity index (χ0n) is 14.5. The summed E-state index contributed by atoms with van der Waals surface area (Å²) >= 11 is 1.35. The molecule has 8 heteroatoms. The van der Waals surface area contributed by atoms with Crippen LogP contribution in [0.4, 0.5) is 9.93 Å². The van der Waals surface area contributed by atoms with E-state index in [2.05, 4.69) is 31.8 Å². The average molecular weight is 361 g/mol. The molecule has 2 amide bonds. The number of carbonyl (C=O) groups excluding carboxylic acids is 1. The van der Waals surface area contributed by atoms with Gasteiger partial charge in [-0.1, -0.05) is 29.5 Å². The molecule has 1 atom stereocenters. The second-order valence-electron chi connectivity index (χ2n) is 5.96. The summed E-state index contributed by atoms with van der Waals surface area (Å²) in [7, 11) is 1.68. The Morgan fingerprint density at radius 3 is 2.76 bits per heavy atom. The number of nitrogens with one attached hydrogen (secondary N) is 2. The minimum atomic E-state index is -0.268. The van der Waals surface area contributed by atoms with Crippen LogP contribution >= 0.6 is 11.3 Å². The Morgan fingerprint density at radius 1 is 1.32 bits per heavy atom. The highest BCUT2D eigenvalue weighted by Crippen LogP contribution is 2.31. The monoisotopic (exact) mass is 361 g/mol. The number of ether oxygens (including phenoxy) is 1. The van der Waals surface area contributed by atoms with Crippen molar-refractivity contribution in [3.8, 4) is 5.75 Å². The first kappa shape index (κ1) is 17.6. The van der Waals surface area contributed by atoms with E-state index in [1.165, 1.54) is 24.2 Å². The molecular weight excluding hydrogens is 338 g/mol. The number of carbonyl (C=O) groups is 1. The highest BCUT2D eigenvalue weighted by Gasteiger charge is 2.26. The average Bonchev–Trinajstić information content (AvgIpc) is 3.28. The summed E-state index contributed by atoms with van der Waals surface area (Å²) in [6.07, 6.45) is 2.36. The fourth-order valence-electron chi connectivity index (χ4n) is 3.11. The molecule has 0 radical (unpaired) electrons. The summed E-state index contributed by atoms with van der Waals surface area (Å²) < 4.78 is 5.52. The maximum Gasteiger partial charge on any atom is 0.321 e. The van der Waals surface area contributed by atoms with Crippen molar-refractivity contribution in [2.45, 2.75) is 25.8 Å². The lowest BCUT2D eigenvalue weighted by molar-refractivity contribution is 0.224. The largest absolute Gasteiger partial charge is 0.496 e. The number of hydrogen-bond acceptors (Lipinski definition) is 6. The third-order valence-corrected chi connectivity index (χ3v) is 5.04. The minimum Gasteiger partial charge on any atom is -0.496 e. The molecule has 2 N–H and O–H groups in total. The van der Waals surface area contributed by atoms with Crippen molar-refractivity contribution in [2.75, 3.05) is 32.1 Å². The number of aromatic nitrogens is 2. The number of benzene rings is 1. The summed E-state index contributed by atoms with van der Waals surface area (Å²) in [5.74, 6) is 0.848. The molecule has 1 unspecified atom stereocenters. The molecule has 1 aromatic carbocycles. The molecule has 7 nitrogen and oxygen atoms in total. The Hall–Kier alpha value is -2.19. The van der Waals surface area contributed by atoms with Gasteiger partial charge < -0.3 is 10.1 Å². The molecule has 0 spiro atoms. The van der Waals surface area contributed by atoms with E-state index in [4.69, 9.17) is 4.74 Å². The van der Waals surface area contributed by atoms with Crippen LogP contribution in [0.25, 0.3) is 0 Å². The normalized spacial score (nSPS) is 15.8. The molecule has 0 bridgehead atoms. The number of urea groups is 1. The molecular formula is C17H23N5O2S. The van der Waals surface area contributed by atoms with E-state index in [1.54, 1.807) is 7.11 Å². The van der Waals surface area contributed by atoms with E-state index in [0.29, 0.717) is 11.7 Å². The minimum absolute atomic E-state index is 0.0838. The van der Waals surface area contributed by atoms with Gasteiger partial charge in [-0.15, -0.1) is 10.2 Å². The van der Waals surface area contributed by atoms with Gasteiger partial charge in [0.2, 0.25) is 5.13 Å². The molecule has 0 saturated carbocycles. The van der Waals surface area contributed by atoms with Gasteiger partial charge in [0.1, 0.15) is 10.8 Å². The van der Waals surface area contributed by atoms with Gasteiger partial charge in [0.15, 0.2) is 0 Å². The van der Waals surface area contributed by atoms with Crippen molar-refractivity contribution in [3.63, 3.8) is 0 Å². The number of rotatable bonds is 6. The summed E-state index contributed by atoms with van der Waals surface area (Å²) in [4.78, 5) is 14.6. The van der Waals surface area contributed by atoms with Gasteiger partial charge in [-0.25, -0.2) is 4.79 Å². The predicted octanol–water partition coefficient (Wildman–Crippen LogP) is 2.81. The maximum absolute atomic E-state index is 12.2. The van der Waals surface area contributed by atoms with Crippen LogP contribution in [0.1, 0.15) is 29.5 Å². The second kappa shape index (κ2) is 8.26. The zero-order chi connectivity index (χ0) is 17.6. The number of methoxy groups -OCH3 is 1. The Morgan fingerprint density at radius 2 is 2.08 bits per heavy atom. The van der Waals surface area contributed by atoms with E-state index < -0.39 is 0 Å². The van der Waals surface area contributed by atoms with Crippen molar-refractivity contribution >= 4 is 22.5 Å². The highest BCUT2D eigenvalue weighted by molar-refractivity contribution is 7.15. The molecule has 1 fully saturated rings. The molecule has 2 aromatic rings. The lowest BCUT2D eigenvalue weighted by atomic mass is 10.0. The van der Waals surface area contributed by atoms with E-state index in [9.17, 15) is 4.79 Å². The van der Waals surface area contributed by atoms with Gasteiger partial charge in [0.05, 0.1) is 13.2 Å². The van der Waals surface area contributed by atoms with Gasteiger partial charge >= 0.3 is 6.03 Å². The quantitative estimate of drug-likeness (QED) is 0.827. The van der Waals surface area contributed by atoms with E-state index in [-0.39, 0.29) is 12.1 Å². The van der Waals surface area contributed by atoms with Crippen molar-refractivity contribution in [2.24, 2.45) is 0 Å². The van der Waals surface area contributed by atoms with Gasteiger partial charge in [-0.3, -0.25) is 10.2 Å². The predicted molar refractivity (Wildman–Crippen MR) is 98.2 cm³/mol. The van der Waals surface area contributed by atoms with Crippen molar-refractivity contribution in [1.82, 2.24) is 20.4 Å². The molecule has 1 aromatic heterocycles. The molecule has 1 aliphatic rings. The van der Waals surface area contributed by atoms with Crippen molar-refractivity contribution in [3.05, 3.63) is 34.8 Å². The first-order valence-corrected chi connectivity index (χ1v) is 9.21. The number of amides is 2. The third kappa shape index (κ3) is 4.46. The lowest BCUT2D eigenvalue weighted by Crippen LogP contribution is -2.38. The number of anilines is 1. The zero-order valence-corrected chi connectivity index (χ0v) is 15.3. The van der Waals surface area contributed by atoms with Gasteiger partial charge in [0.25, 0.3) is 0 Å². The Kier molecular flexibility index (Phi) is 5.83. The van der Waals surface area contributed by atoms with Gasteiger partial charge in [-0.2, -0.15) is 0 Å². The van der Waals surface area contributed by atoms with E-state index >= 15 is 0 Å². The van der Waals surface area contributed by atoms with Crippen LogP contribution in [0.3, 0.4) is 0 Å². The Labute approximate surface area is 151 Å². The third-order valence-electron chi connectivity index (χ3n) is 4.28. The van der Waals surface area contributed by atoms with Crippen LogP contribution in [0.5, 0.6) is 5.75 Å². The summed E-state index contributed by atoms with van der Waals surface area (Å²) in [5.41, 5.74) is 1.10. The van der Waals surface area contributed by atoms with Crippen molar-refractivity contribution in [1.29, 1.82) is 0 Å². The first-order valence-electron chi connectivity index (χ1n) is 8.39. The van der Waals surface area contributed by atoms with Gasteiger partial charge in [-0.05, 0) is 38.9 Å². The second-order valence-corrected chi connectivity index (χ2v) is 7.14. The van der Waals surface area contributed by atoms with E-state index in [0.717, 1.165) is 29.4 Å². The standard InChI is InChI=1S/C17H23N5O2S/c1-12-20-21-17(25-12)19-16(23)18-11-14(22-9-5-6-10-22)13-7-3-4-8-15(13)24-2/h3-4,7-8,14H,5-6,9-11H2,1-2H3,(H2,18,19,21,23). The molecule has 1 aliphatic heterocycles. The fourth-order valence-corrected chi connectivity index (χ4v) is 3.70. The summed E-state index contributed by atoms with van der Waals surface area (Å²) in [6, 6.07) is 7.81. The fraction of sp³-hybridized carbons (Fsp3) is 0.471. The number of likely N-dealkylation sites (tertiary alicyclic amines) is 1. The molecule has 2 heterocycles. The molecule has 25 heavy (non-hydrogen) atoms. The highest BCUT2D eigenvalue weighted by atomic mass is 32.1. The van der Waals surface area contributed by atoms with Crippen LogP contribution in [-0.4, -0.2) is 47.9 Å². The van der Waals surface area contributed by atoms with Gasteiger partial charge in [0, 0.05) is 12.1 Å². The Balaban J connectivity index is 1.68. The topological polar surface area (TPSA) is 79.4 Å². The summed E-state index contributed by atoms with van der Waals surface area (Å²) in [6.45, 7) is 4.42. The first-order chi connectivity index (χ1) is 12.2. The number of aryl methyl sites for hydroxylation is 1. The lowest BCUT2D eigenvalue weighted by Gasteiger charge is -2.29. The van der Waals surface area contributed by atoms with Crippen LogP contribution in [0.2, 0.25) is 0 Å². The van der Waals surface area contributed by atoms with Crippen molar-refractivity contribution < 1.29 is 9.53 Å². The SMILES string of the molecule is COc1ccccc1C(CNC(=O)Nc1nnc(C)s1)N1CCCC1. The number of hydrogen-bond donors (Lipinski definition) is 2. The maximum atomic E-state index is 12.2. The molecule has 1 saturated heterocycles. The van der Waals surface area contributed by atoms with Crippen LogP contribution in [-0.2, 0) is 0 Å². The van der Waals surface area contributed by atoms with E-state index in [1.807, 2.05) is 25.1 Å². The molecule has 134 valence electrons.